The lowest BCUT2D eigenvalue weighted by atomic mass is 9.75. The number of rotatable bonds is 15. The van der Waals surface area contributed by atoms with Crippen molar-refractivity contribution in [3.8, 4) is 0 Å². The molecule has 0 rings (SSSR count). The summed E-state index contributed by atoms with van der Waals surface area (Å²) < 4.78 is 0. The maximum absolute atomic E-state index is 12.9. The third kappa shape index (κ3) is 13.0. The van der Waals surface area contributed by atoms with E-state index in [1.165, 1.54) is 0 Å². The van der Waals surface area contributed by atoms with E-state index in [1.807, 2.05) is 13.8 Å². The van der Waals surface area contributed by atoms with Gasteiger partial charge in [0.25, 0.3) is 0 Å². The Balaban J connectivity index is 4.70. The molecule has 0 heterocycles. The zero-order valence-corrected chi connectivity index (χ0v) is 19.6. The Morgan fingerprint density at radius 3 is 2.03 bits per heavy atom. The summed E-state index contributed by atoms with van der Waals surface area (Å²) in [5, 5.41) is 24.1. The van der Waals surface area contributed by atoms with Crippen molar-refractivity contribution in [2.75, 3.05) is 19.8 Å². The molecule has 7 heteroatoms. The second kappa shape index (κ2) is 14.0. The lowest BCUT2D eigenvalue weighted by Gasteiger charge is -2.32. The number of nitrogens with one attached hydrogen (secondary N) is 2. The fraction of sp³-hybridized carbons (Fsp3) is 0.909. The third-order valence-corrected chi connectivity index (χ3v) is 5.16. The zero-order valence-electron chi connectivity index (χ0n) is 19.6. The monoisotopic (exact) mass is 412 g/mol. The average molecular weight is 412 g/mol. The van der Waals surface area contributed by atoms with Gasteiger partial charge >= 0.3 is 0 Å². The molecule has 0 aliphatic carbocycles. The number of amides is 2. The predicted molar refractivity (Wildman–Crippen MR) is 122 cm³/mol. The van der Waals surface area contributed by atoms with E-state index in [1.54, 1.807) is 0 Å². The average Bonchev–Trinajstić information content (AvgIpc) is 2.61. The molecule has 0 saturated heterocycles. The van der Waals surface area contributed by atoms with Gasteiger partial charge in [0, 0.05) is 31.1 Å². The molecule has 0 fully saturated rings. The molecule has 0 aliphatic heterocycles. The van der Waals surface area contributed by atoms with E-state index in [-0.39, 0.29) is 36.4 Å². The minimum absolute atomic E-state index is 0.0151. The van der Waals surface area contributed by atoms with Gasteiger partial charge in [0.1, 0.15) is 13.9 Å². The van der Waals surface area contributed by atoms with E-state index < -0.39 is 11.5 Å². The van der Waals surface area contributed by atoms with Crippen molar-refractivity contribution in [1.82, 2.24) is 10.6 Å². The van der Waals surface area contributed by atoms with Crippen LogP contribution in [0.3, 0.4) is 0 Å². The first-order chi connectivity index (χ1) is 13.5. The molecule has 1 atom stereocenters. The summed E-state index contributed by atoms with van der Waals surface area (Å²) in [6, 6.07) is -0.504. The fourth-order valence-corrected chi connectivity index (χ4v) is 3.76. The molecule has 0 bridgehead atoms. The van der Waals surface area contributed by atoms with Crippen LogP contribution in [0.15, 0.2) is 0 Å². The first-order valence-corrected chi connectivity index (χ1v) is 11.3. The molecule has 170 valence electrons. The molecule has 0 aromatic heterocycles. The Kier molecular flexibility index (Phi) is 13.5. The van der Waals surface area contributed by atoms with Crippen molar-refractivity contribution in [2.24, 2.45) is 16.7 Å². The van der Waals surface area contributed by atoms with Crippen molar-refractivity contribution < 1.29 is 19.8 Å². The lowest BCUT2D eigenvalue weighted by molar-refractivity contribution is -0.135. The predicted octanol–water partition coefficient (Wildman–Crippen LogP) is 2.04. The van der Waals surface area contributed by atoms with Crippen molar-refractivity contribution in [2.45, 2.75) is 91.9 Å². The van der Waals surface area contributed by atoms with Gasteiger partial charge in [-0.15, -0.1) is 0 Å². The molecule has 29 heavy (non-hydrogen) atoms. The summed E-state index contributed by atoms with van der Waals surface area (Å²) in [7, 11) is 2.12. The smallest absolute Gasteiger partial charge is 0.242 e. The normalized spacial score (nSPS) is 13.4. The largest absolute Gasteiger partial charge is 0.396 e. The minimum Gasteiger partial charge on any atom is -0.396 e. The number of carbonyl (C=O) groups excluding carboxylic acids is 2. The summed E-state index contributed by atoms with van der Waals surface area (Å²) in [6.45, 7) is 10.7. The Labute approximate surface area is 179 Å². The van der Waals surface area contributed by atoms with Crippen LogP contribution in [0.1, 0.15) is 79.6 Å². The van der Waals surface area contributed by atoms with Gasteiger partial charge in [-0.25, -0.2) is 0 Å². The lowest BCUT2D eigenvalue weighted by Crippen LogP contribution is -2.51. The van der Waals surface area contributed by atoms with Gasteiger partial charge in [0.2, 0.25) is 11.8 Å². The van der Waals surface area contributed by atoms with E-state index in [0.29, 0.717) is 13.0 Å². The second-order valence-electron chi connectivity index (χ2n) is 10.2. The Bertz CT molecular complexity index is 474. The molecular formula is C22H45BN2O4. The number of hydrogen-bond donors (Lipinski definition) is 4. The van der Waals surface area contributed by atoms with Crippen molar-refractivity contribution in [3.63, 3.8) is 0 Å². The van der Waals surface area contributed by atoms with E-state index in [2.05, 4.69) is 39.3 Å². The number of aliphatic hydroxyl groups is 2. The van der Waals surface area contributed by atoms with Crippen LogP contribution in [0.4, 0.5) is 0 Å². The number of carbonyl (C=O) groups is 2. The minimum atomic E-state index is -0.537. The molecule has 0 aromatic carbocycles. The van der Waals surface area contributed by atoms with E-state index in [9.17, 15) is 9.59 Å². The van der Waals surface area contributed by atoms with Gasteiger partial charge in [0.05, 0.1) is 0 Å². The summed E-state index contributed by atoms with van der Waals surface area (Å²) >= 11 is 0. The molecule has 0 radical (unpaired) electrons. The molecular weight excluding hydrogens is 367 g/mol. The zero-order chi connectivity index (χ0) is 22.5. The van der Waals surface area contributed by atoms with Crippen molar-refractivity contribution in [3.05, 3.63) is 0 Å². The van der Waals surface area contributed by atoms with Crippen LogP contribution in [0.5, 0.6) is 0 Å². The molecule has 0 spiro atoms. The summed E-state index contributed by atoms with van der Waals surface area (Å²) in [5.74, 6) is -0.281. The van der Waals surface area contributed by atoms with Gasteiger partial charge < -0.3 is 20.8 Å². The van der Waals surface area contributed by atoms with E-state index in [4.69, 9.17) is 10.2 Å². The highest BCUT2D eigenvalue weighted by atomic mass is 16.3. The number of aliphatic hydroxyl groups excluding tert-OH is 2. The highest BCUT2D eigenvalue weighted by Crippen LogP contribution is 2.33. The van der Waals surface area contributed by atoms with Gasteiger partial charge in [-0.2, -0.15) is 0 Å². The van der Waals surface area contributed by atoms with Crippen LogP contribution in [0.2, 0.25) is 6.32 Å². The second-order valence-corrected chi connectivity index (χ2v) is 10.2. The highest BCUT2D eigenvalue weighted by Gasteiger charge is 2.34. The maximum atomic E-state index is 12.9. The Morgan fingerprint density at radius 1 is 0.931 bits per heavy atom. The Hall–Kier alpha value is -1.08. The molecule has 0 saturated carbocycles. The number of hydrogen-bond acceptors (Lipinski definition) is 4. The molecule has 2 amide bonds. The Morgan fingerprint density at radius 2 is 1.52 bits per heavy atom. The third-order valence-electron chi connectivity index (χ3n) is 5.16. The first-order valence-electron chi connectivity index (χ1n) is 11.3. The van der Waals surface area contributed by atoms with Gasteiger partial charge in [-0.05, 0) is 31.1 Å². The maximum Gasteiger partial charge on any atom is 0.242 e. The van der Waals surface area contributed by atoms with E-state index in [0.717, 1.165) is 44.8 Å². The van der Waals surface area contributed by atoms with Crippen LogP contribution in [0, 0.1) is 16.7 Å². The molecule has 6 nitrogen and oxygen atoms in total. The summed E-state index contributed by atoms with van der Waals surface area (Å²) in [4.78, 5) is 25.6. The quantitative estimate of drug-likeness (QED) is 0.244. The van der Waals surface area contributed by atoms with Crippen molar-refractivity contribution >= 4 is 19.7 Å². The fourth-order valence-electron chi connectivity index (χ4n) is 3.76. The van der Waals surface area contributed by atoms with Gasteiger partial charge in [-0.1, -0.05) is 60.2 Å². The van der Waals surface area contributed by atoms with E-state index >= 15 is 0 Å². The standard InChI is InChI=1S/C22H45BN2O4/c1-21(2,3)16-22(4,5)20(29)25-18(11-6-8-12-23)19(28)24-13-9-7-10-17(14-26)15-27/h17-18,26-27H,6-16,23H2,1-5H3,(H,24,28)(H,25,29)/t18-/m0/s1. The SMILES string of the molecule is BCCCC[C@H](NC(=O)C(C)(C)CC(C)(C)C)C(=O)NCCCCC(CO)CO. The number of unbranched alkanes of at least 4 members (excludes halogenated alkanes) is 2. The molecule has 0 aromatic rings. The van der Waals surface area contributed by atoms with Crippen LogP contribution in [-0.4, -0.2) is 55.7 Å². The van der Waals surface area contributed by atoms with Crippen LogP contribution >= 0.6 is 0 Å². The molecule has 0 aliphatic rings. The van der Waals surface area contributed by atoms with Gasteiger partial charge in [-0.3, -0.25) is 9.59 Å². The summed E-state index contributed by atoms with van der Waals surface area (Å²) in [6.07, 6.45) is 6.75. The highest BCUT2D eigenvalue weighted by molar-refractivity contribution is 6.08. The molecule has 0 unspecified atom stereocenters. The van der Waals surface area contributed by atoms with Gasteiger partial charge in [0.15, 0.2) is 0 Å². The topological polar surface area (TPSA) is 98.7 Å². The molecule has 4 N–H and O–H groups in total. The van der Waals surface area contributed by atoms with Crippen LogP contribution in [0.25, 0.3) is 0 Å². The van der Waals surface area contributed by atoms with Crippen molar-refractivity contribution in [1.29, 1.82) is 0 Å². The summed E-state index contributed by atoms with van der Waals surface area (Å²) in [5.41, 5.74) is -0.507. The first kappa shape index (κ1) is 27.9. The van der Waals surface area contributed by atoms with Crippen LogP contribution < -0.4 is 10.6 Å². The van der Waals surface area contributed by atoms with Crippen LogP contribution in [-0.2, 0) is 9.59 Å².